The molecule has 0 atom stereocenters. The molecule has 0 unspecified atom stereocenters. The minimum Gasteiger partial charge on any atom is -0.481 e. The summed E-state index contributed by atoms with van der Waals surface area (Å²) in [5.74, 6) is -0.584. The van der Waals surface area contributed by atoms with Gasteiger partial charge in [0.15, 0.2) is 0 Å². The van der Waals surface area contributed by atoms with E-state index < -0.39 is 5.97 Å². The second-order valence-corrected chi connectivity index (χ2v) is 3.53. The van der Waals surface area contributed by atoms with Gasteiger partial charge in [-0.1, -0.05) is 6.42 Å². The molecule has 13 heavy (non-hydrogen) atoms. The molecule has 1 saturated carbocycles. The third kappa shape index (κ3) is 2.72. The van der Waals surface area contributed by atoms with Gasteiger partial charge in [0, 0.05) is 19.5 Å². The Morgan fingerprint density at radius 1 is 1.46 bits per heavy atom. The van der Waals surface area contributed by atoms with E-state index in [0.29, 0.717) is 6.54 Å². The molecular formula is C9H15NO3. The number of amides is 1. The molecule has 0 aliphatic heterocycles. The van der Waals surface area contributed by atoms with E-state index >= 15 is 0 Å². The van der Waals surface area contributed by atoms with Crippen LogP contribution < -0.4 is 0 Å². The van der Waals surface area contributed by atoms with Gasteiger partial charge < -0.3 is 10.0 Å². The average Bonchev–Trinajstić information content (AvgIpc) is 1.96. The summed E-state index contributed by atoms with van der Waals surface area (Å²) >= 11 is 0. The summed E-state index contributed by atoms with van der Waals surface area (Å²) in [7, 11) is 1.67. The first-order valence-corrected chi connectivity index (χ1v) is 4.58. The van der Waals surface area contributed by atoms with E-state index in [9.17, 15) is 9.59 Å². The van der Waals surface area contributed by atoms with Crippen LogP contribution in [0, 0.1) is 5.92 Å². The maximum absolute atomic E-state index is 11.5. The molecule has 0 aromatic rings. The molecule has 1 amide bonds. The van der Waals surface area contributed by atoms with Crippen LogP contribution >= 0.6 is 0 Å². The van der Waals surface area contributed by atoms with E-state index in [0.717, 1.165) is 19.3 Å². The third-order valence-corrected chi connectivity index (χ3v) is 2.49. The lowest BCUT2D eigenvalue weighted by atomic mass is 9.84. The molecule has 0 aromatic heterocycles. The summed E-state index contributed by atoms with van der Waals surface area (Å²) in [6.07, 6.45) is 3.10. The van der Waals surface area contributed by atoms with E-state index in [1.807, 2.05) is 0 Å². The van der Waals surface area contributed by atoms with Crippen LogP contribution in [0.2, 0.25) is 0 Å². The van der Waals surface area contributed by atoms with Crippen molar-refractivity contribution in [2.24, 2.45) is 5.92 Å². The number of carboxylic acid groups (broad SMARTS) is 1. The monoisotopic (exact) mass is 185 g/mol. The molecular weight excluding hydrogens is 170 g/mol. The van der Waals surface area contributed by atoms with Gasteiger partial charge in [0.25, 0.3) is 0 Å². The number of hydrogen-bond acceptors (Lipinski definition) is 2. The van der Waals surface area contributed by atoms with Crippen molar-refractivity contribution in [3.63, 3.8) is 0 Å². The molecule has 74 valence electrons. The highest BCUT2D eigenvalue weighted by Gasteiger charge is 2.27. The first-order valence-electron chi connectivity index (χ1n) is 4.58. The number of nitrogens with zero attached hydrogens (tertiary/aromatic N) is 1. The fourth-order valence-electron chi connectivity index (χ4n) is 1.34. The lowest BCUT2D eigenvalue weighted by Gasteiger charge is -2.28. The van der Waals surface area contributed by atoms with Gasteiger partial charge in [-0.15, -0.1) is 0 Å². The van der Waals surface area contributed by atoms with E-state index in [4.69, 9.17) is 5.11 Å². The molecule has 4 nitrogen and oxygen atoms in total. The second-order valence-electron chi connectivity index (χ2n) is 3.53. The summed E-state index contributed by atoms with van der Waals surface area (Å²) < 4.78 is 0. The maximum atomic E-state index is 11.5. The molecule has 1 aliphatic rings. The van der Waals surface area contributed by atoms with Crippen molar-refractivity contribution in [1.29, 1.82) is 0 Å². The standard InChI is InChI=1S/C9H15NO3/c1-10(6-5-8(11)12)9(13)7-3-2-4-7/h7H,2-6H2,1H3,(H,11,12). The van der Waals surface area contributed by atoms with E-state index in [2.05, 4.69) is 0 Å². The Balaban J connectivity index is 2.25. The van der Waals surface area contributed by atoms with Gasteiger partial charge in [0.2, 0.25) is 5.91 Å². The highest BCUT2D eigenvalue weighted by Crippen LogP contribution is 2.27. The maximum Gasteiger partial charge on any atom is 0.305 e. The predicted octanol–water partition coefficient (Wildman–Crippen LogP) is 0.720. The van der Waals surface area contributed by atoms with Gasteiger partial charge in [-0.25, -0.2) is 0 Å². The SMILES string of the molecule is CN(CCC(=O)O)C(=O)C1CCC1. The van der Waals surface area contributed by atoms with Crippen LogP contribution in [-0.2, 0) is 9.59 Å². The Morgan fingerprint density at radius 3 is 2.46 bits per heavy atom. The second kappa shape index (κ2) is 4.25. The van der Waals surface area contributed by atoms with Crippen molar-refractivity contribution in [2.45, 2.75) is 25.7 Å². The number of hydrogen-bond donors (Lipinski definition) is 1. The first-order chi connectivity index (χ1) is 6.11. The lowest BCUT2D eigenvalue weighted by molar-refractivity contribution is -0.140. The fraction of sp³-hybridized carbons (Fsp3) is 0.778. The van der Waals surface area contributed by atoms with Gasteiger partial charge >= 0.3 is 5.97 Å². The molecule has 0 saturated heterocycles. The van der Waals surface area contributed by atoms with Crippen LogP contribution in [0.1, 0.15) is 25.7 Å². The largest absolute Gasteiger partial charge is 0.481 e. The molecule has 1 aliphatic carbocycles. The van der Waals surface area contributed by atoms with Crippen LogP contribution in [0.4, 0.5) is 0 Å². The molecule has 1 fully saturated rings. The van der Waals surface area contributed by atoms with Crippen LogP contribution in [-0.4, -0.2) is 35.5 Å². The van der Waals surface area contributed by atoms with Crippen molar-refractivity contribution in [1.82, 2.24) is 4.90 Å². The number of carbonyl (C=O) groups excluding carboxylic acids is 1. The van der Waals surface area contributed by atoms with Crippen molar-refractivity contribution >= 4 is 11.9 Å². The summed E-state index contributed by atoms with van der Waals surface area (Å²) in [5.41, 5.74) is 0. The minimum absolute atomic E-state index is 0.0367. The van der Waals surface area contributed by atoms with Crippen LogP contribution in [0.3, 0.4) is 0 Å². The Hall–Kier alpha value is -1.06. The van der Waals surface area contributed by atoms with Gasteiger partial charge in [-0.2, -0.15) is 0 Å². The van der Waals surface area contributed by atoms with Crippen molar-refractivity contribution in [2.75, 3.05) is 13.6 Å². The molecule has 0 spiro atoms. The molecule has 1 N–H and O–H groups in total. The predicted molar refractivity (Wildman–Crippen MR) is 47.2 cm³/mol. The zero-order chi connectivity index (χ0) is 9.84. The summed E-state index contributed by atoms with van der Waals surface area (Å²) in [6, 6.07) is 0. The average molecular weight is 185 g/mol. The Bertz CT molecular complexity index is 211. The van der Waals surface area contributed by atoms with E-state index in [1.54, 1.807) is 7.05 Å². The van der Waals surface area contributed by atoms with Crippen molar-refractivity contribution in [3.05, 3.63) is 0 Å². The molecule has 0 radical (unpaired) electrons. The first kappa shape index (κ1) is 10.0. The van der Waals surface area contributed by atoms with Crippen molar-refractivity contribution in [3.8, 4) is 0 Å². The smallest absolute Gasteiger partial charge is 0.305 e. The van der Waals surface area contributed by atoms with Gasteiger partial charge in [-0.3, -0.25) is 9.59 Å². The number of aliphatic carboxylic acids is 1. The third-order valence-electron chi connectivity index (χ3n) is 2.49. The number of rotatable bonds is 4. The van der Waals surface area contributed by atoms with Crippen LogP contribution in [0.25, 0.3) is 0 Å². The number of carboxylic acids is 1. The quantitative estimate of drug-likeness (QED) is 0.702. The van der Waals surface area contributed by atoms with Gasteiger partial charge in [-0.05, 0) is 12.8 Å². The normalized spacial score (nSPS) is 16.4. The Kier molecular flexibility index (Phi) is 3.28. The molecule has 0 aromatic carbocycles. The summed E-state index contributed by atoms with van der Waals surface area (Å²) in [6.45, 7) is 0.324. The minimum atomic E-state index is -0.853. The number of carbonyl (C=O) groups is 2. The van der Waals surface area contributed by atoms with Gasteiger partial charge in [0.1, 0.15) is 0 Å². The Morgan fingerprint density at radius 2 is 2.08 bits per heavy atom. The fourth-order valence-corrected chi connectivity index (χ4v) is 1.34. The zero-order valence-corrected chi connectivity index (χ0v) is 7.82. The Labute approximate surface area is 77.5 Å². The summed E-state index contributed by atoms with van der Waals surface area (Å²) in [5, 5.41) is 8.42. The van der Waals surface area contributed by atoms with Crippen molar-refractivity contribution < 1.29 is 14.7 Å². The molecule has 0 heterocycles. The van der Waals surface area contributed by atoms with Crippen LogP contribution in [0.5, 0.6) is 0 Å². The topological polar surface area (TPSA) is 57.6 Å². The molecule has 4 heteroatoms. The van der Waals surface area contributed by atoms with E-state index in [1.165, 1.54) is 4.90 Å². The van der Waals surface area contributed by atoms with Crippen LogP contribution in [0.15, 0.2) is 0 Å². The van der Waals surface area contributed by atoms with Gasteiger partial charge in [0.05, 0.1) is 6.42 Å². The lowest BCUT2D eigenvalue weighted by Crippen LogP contribution is -2.37. The zero-order valence-electron chi connectivity index (χ0n) is 7.82. The van der Waals surface area contributed by atoms with E-state index in [-0.39, 0.29) is 18.2 Å². The molecule has 1 rings (SSSR count). The summed E-state index contributed by atoms with van der Waals surface area (Å²) in [4.78, 5) is 23.2. The molecule has 0 bridgehead atoms. The highest BCUT2D eigenvalue weighted by atomic mass is 16.4. The highest BCUT2D eigenvalue weighted by molar-refractivity contribution is 5.79.